The van der Waals surface area contributed by atoms with Crippen LogP contribution in [-0.4, -0.2) is 141 Å². The van der Waals surface area contributed by atoms with Crippen LogP contribution in [-0.2, 0) is 56.0 Å². The number of para-hydroxylation sites is 1. The molecule has 0 bridgehead atoms. The number of fused-ring (bicyclic) bond motifs is 1. The molecule has 7 atom stereocenters. The van der Waals surface area contributed by atoms with Gasteiger partial charge in [0.2, 0.25) is 47.3 Å². The fourth-order valence-electron chi connectivity index (χ4n) is 7.80. The predicted molar refractivity (Wildman–Crippen MR) is 281 cm³/mol. The van der Waals surface area contributed by atoms with Gasteiger partial charge in [0.1, 0.15) is 42.3 Å². The van der Waals surface area contributed by atoms with Crippen molar-refractivity contribution in [1.29, 1.82) is 0 Å². The maximum Gasteiger partial charge on any atom is 0.327 e. The summed E-state index contributed by atoms with van der Waals surface area (Å²) < 4.78 is -1.30. The van der Waals surface area contributed by atoms with Crippen LogP contribution in [0.2, 0.25) is 0 Å². The minimum Gasteiger partial charge on any atom is -0.480 e. The molecule has 2 aromatic carbocycles. The molecule has 25 nitrogen and oxygen atoms in total. The molecule has 1 fully saturated rings. The Hall–Kier alpha value is -7.55. The number of carbonyl (C=O) groups excluding carboxylic acids is 8. The summed E-state index contributed by atoms with van der Waals surface area (Å²) in [6.45, 7) is 4.47. The number of guanidine groups is 2. The second kappa shape index (κ2) is 28.6. The molecule has 3 aromatic rings. The number of aliphatic imine (C=N–C) groups is 2. The smallest absolute Gasteiger partial charge is 0.327 e. The van der Waals surface area contributed by atoms with Crippen molar-refractivity contribution in [3.63, 3.8) is 0 Å². The van der Waals surface area contributed by atoms with Gasteiger partial charge in [-0.1, -0.05) is 70.1 Å². The highest BCUT2D eigenvalue weighted by molar-refractivity contribution is 8.77. The Morgan fingerprint density at radius 3 is 1.95 bits per heavy atom. The fraction of sp³-hybridized carbons (Fsp3) is 0.468. The summed E-state index contributed by atoms with van der Waals surface area (Å²) in [5.41, 5.74) is 29.5. The Morgan fingerprint density at radius 1 is 0.743 bits per heavy atom. The maximum absolute atomic E-state index is 14.6. The molecule has 1 aliphatic heterocycles. The van der Waals surface area contributed by atoms with E-state index in [4.69, 9.17) is 28.7 Å². The van der Waals surface area contributed by atoms with Crippen molar-refractivity contribution in [2.45, 2.75) is 119 Å². The molecule has 74 heavy (non-hydrogen) atoms. The number of carboxylic acids is 1. The Balaban J connectivity index is 1.82. The van der Waals surface area contributed by atoms with Crippen LogP contribution in [0.5, 0.6) is 0 Å². The van der Waals surface area contributed by atoms with E-state index in [2.05, 4.69) is 52.2 Å². The third-order valence-electron chi connectivity index (χ3n) is 11.5. The number of aromatic amines is 1. The van der Waals surface area contributed by atoms with Gasteiger partial charge in [0.25, 0.3) is 0 Å². The number of hydrogen-bond donors (Lipinski definition) is 14. The molecule has 1 aliphatic rings. The van der Waals surface area contributed by atoms with Gasteiger partial charge in [0.15, 0.2) is 11.9 Å². The number of amides is 8. The highest BCUT2D eigenvalue weighted by atomic mass is 33.1. The number of nitrogens with zero attached hydrogens (tertiary/aromatic N) is 2. The number of nitrogens with two attached hydrogens (primary N) is 5. The number of benzene rings is 2. The van der Waals surface area contributed by atoms with E-state index in [1.807, 2.05) is 18.2 Å². The van der Waals surface area contributed by atoms with Gasteiger partial charge in [0.05, 0.1) is 11.2 Å². The van der Waals surface area contributed by atoms with Gasteiger partial charge in [0, 0.05) is 55.7 Å². The number of carboxylic acid groups (broad SMARTS) is 1. The van der Waals surface area contributed by atoms with E-state index in [-0.39, 0.29) is 75.7 Å². The number of hydrogen-bond acceptors (Lipinski definition) is 13. The Kier molecular flexibility index (Phi) is 22.8. The highest BCUT2D eigenvalue weighted by Gasteiger charge is 2.40. The standard InChI is InChI=1S/C47H67N15O10S2/c1-25(63)56-30(15-9-18-53-45(49)50)38(65)58-32-17-20-73-74-47(2,3)37(44(71)72)62-43(70)34(22-27-24-55-29-14-8-7-13-28(27)29)60-39(66)31(16-10-19-54-46(51)52)57-41(68)33(21-26-11-5-4-6-12-26)59-42(69)35(23-36(48)64)61-40(32)67/h4-8,11-14,24,30-35,37,55H,9-10,15-23H2,1-3H3,(H2,48,64)(H,56,63)(H,57,68)(H,58,65)(H,59,69)(H,60,66)(H,61,67)(H,62,70)(H,71,72)(H4,49,50,53)(H4,51,52,54)/t30-,31-,32-,33+,34-,35-,37+/m0/s1. The first kappa shape index (κ1) is 59.0. The van der Waals surface area contributed by atoms with Gasteiger partial charge in [-0.3, -0.25) is 48.3 Å². The monoisotopic (exact) mass is 1070 g/mol. The first-order valence-corrected chi connectivity index (χ1v) is 26.0. The van der Waals surface area contributed by atoms with Gasteiger partial charge in [-0.05, 0) is 63.1 Å². The maximum atomic E-state index is 14.6. The minimum absolute atomic E-state index is 0.0275. The number of rotatable bonds is 18. The second-order valence-electron chi connectivity index (χ2n) is 18.0. The normalized spacial score (nSPS) is 21.6. The van der Waals surface area contributed by atoms with Crippen LogP contribution in [0.1, 0.15) is 70.4 Å². The van der Waals surface area contributed by atoms with Gasteiger partial charge < -0.3 is 76.0 Å². The summed E-state index contributed by atoms with van der Waals surface area (Å²) in [6.07, 6.45) is 0.734. The lowest BCUT2D eigenvalue weighted by Gasteiger charge is -2.32. The quantitative estimate of drug-likeness (QED) is 0.0283. The van der Waals surface area contributed by atoms with Crippen molar-refractivity contribution >= 4 is 97.6 Å². The van der Waals surface area contributed by atoms with Crippen LogP contribution in [0.3, 0.4) is 0 Å². The summed E-state index contributed by atoms with van der Waals surface area (Å²) in [5.74, 6) is -8.76. The molecule has 0 unspecified atom stereocenters. The van der Waals surface area contributed by atoms with Gasteiger partial charge in [-0.25, -0.2) is 4.79 Å². The zero-order valence-corrected chi connectivity index (χ0v) is 42.9. The fourth-order valence-corrected chi connectivity index (χ4v) is 10.5. The average molecular weight is 1070 g/mol. The molecule has 0 saturated carbocycles. The lowest BCUT2D eigenvalue weighted by molar-refractivity contribution is -0.143. The van der Waals surface area contributed by atoms with Gasteiger partial charge in [-0.15, -0.1) is 0 Å². The van der Waals surface area contributed by atoms with Crippen molar-refractivity contribution in [2.75, 3.05) is 18.8 Å². The molecular formula is C47H67N15O10S2. The second-order valence-corrected chi connectivity index (χ2v) is 21.0. The van der Waals surface area contributed by atoms with Crippen LogP contribution in [0.25, 0.3) is 10.9 Å². The summed E-state index contributed by atoms with van der Waals surface area (Å²) in [6, 6.07) is 5.44. The zero-order valence-electron chi connectivity index (χ0n) is 41.3. The first-order chi connectivity index (χ1) is 35.0. The molecule has 4 rings (SSSR count). The molecular weight excluding hydrogens is 999 g/mol. The van der Waals surface area contributed by atoms with E-state index in [9.17, 15) is 48.3 Å². The number of primary amides is 1. The molecule has 8 amide bonds. The Morgan fingerprint density at radius 2 is 1.31 bits per heavy atom. The number of aliphatic carboxylic acids is 1. The molecule has 0 radical (unpaired) electrons. The molecule has 1 aromatic heterocycles. The van der Waals surface area contributed by atoms with E-state index < -0.39 is 107 Å². The molecule has 0 spiro atoms. The lowest BCUT2D eigenvalue weighted by atomic mass is 10.00. The average Bonchev–Trinajstić information content (AvgIpc) is 3.74. The number of aromatic nitrogens is 1. The van der Waals surface area contributed by atoms with E-state index >= 15 is 0 Å². The van der Waals surface area contributed by atoms with E-state index in [0.717, 1.165) is 32.5 Å². The molecule has 402 valence electrons. The summed E-state index contributed by atoms with van der Waals surface area (Å²) in [7, 11) is 2.15. The van der Waals surface area contributed by atoms with Crippen LogP contribution in [0, 0.1) is 0 Å². The predicted octanol–water partition coefficient (Wildman–Crippen LogP) is -2.00. The molecule has 2 heterocycles. The summed E-state index contributed by atoms with van der Waals surface area (Å²) in [5, 5.41) is 29.7. The molecule has 1 saturated heterocycles. The first-order valence-electron chi connectivity index (χ1n) is 23.6. The van der Waals surface area contributed by atoms with Crippen molar-refractivity contribution < 1.29 is 48.3 Å². The highest BCUT2D eigenvalue weighted by Crippen LogP contribution is 2.39. The van der Waals surface area contributed by atoms with Gasteiger partial charge >= 0.3 is 5.97 Å². The van der Waals surface area contributed by atoms with Gasteiger partial charge in [-0.2, -0.15) is 0 Å². The minimum atomic E-state index is -1.72. The number of nitrogens with one attached hydrogen (secondary N) is 8. The topological polar surface area (TPSA) is 429 Å². The largest absolute Gasteiger partial charge is 0.480 e. The summed E-state index contributed by atoms with van der Waals surface area (Å²) >= 11 is 0. The van der Waals surface area contributed by atoms with Crippen LogP contribution >= 0.6 is 21.6 Å². The van der Waals surface area contributed by atoms with Crippen LogP contribution in [0.4, 0.5) is 0 Å². The third kappa shape index (κ3) is 19.1. The van der Waals surface area contributed by atoms with Crippen molar-refractivity contribution in [3.05, 3.63) is 71.9 Å². The van der Waals surface area contributed by atoms with E-state index in [1.165, 1.54) is 6.92 Å². The molecule has 27 heteroatoms. The lowest BCUT2D eigenvalue weighted by Crippen LogP contribution is -2.61. The molecule has 19 N–H and O–H groups in total. The SMILES string of the molecule is CC(=O)N[C@@H](CCCN=C(N)N)C(=O)N[C@H]1CCSSC(C)(C)[C@@H](C(=O)O)NC(=O)[C@H](Cc2c[nH]c3ccccc23)NC(=O)[C@H](CCCN=C(N)N)NC(=O)[C@@H](Cc2ccccc2)NC(=O)[C@H](CC(N)=O)NC1=O. The van der Waals surface area contributed by atoms with Crippen molar-refractivity contribution in [1.82, 2.24) is 42.2 Å². The Bertz CT molecular complexity index is 2540. The van der Waals surface area contributed by atoms with Crippen LogP contribution < -0.4 is 65.9 Å². The van der Waals surface area contributed by atoms with Crippen molar-refractivity contribution in [2.24, 2.45) is 38.7 Å². The summed E-state index contributed by atoms with van der Waals surface area (Å²) in [4.78, 5) is 135. The number of carbonyl (C=O) groups is 9. The van der Waals surface area contributed by atoms with Crippen LogP contribution in [0.15, 0.2) is 70.8 Å². The molecule has 0 aliphatic carbocycles. The van der Waals surface area contributed by atoms with Crippen molar-refractivity contribution in [3.8, 4) is 0 Å². The Labute approximate surface area is 435 Å². The van der Waals surface area contributed by atoms with E-state index in [0.29, 0.717) is 11.1 Å². The van der Waals surface area contributed by atoms with E-state index in [1.54, 1.807) is 56.4 Å². The number of H-pyrrole nitrogens is 1. The zero-order chi connectivity index (χ0) is 54.5. The third-order valence-corrected chi connectivity index (χ3v) is 14.9.